The summed E-state index contributed by atoms with van der Waals surface area (Å²) in [5.41, 5.74) is 2.58. The van der Waals surface area contributed by atoms with Crippen LogP contribution in [0.15, 0.2) is 23.5 Å². The average molecular weight is 220 g/mol. The standard InChI is InChI=1S/C12H16N2O2/c1-4-10-7-6-8-11(5-2)12(10)14(13-16)9(3)15/h6-8H,4-5H2,1-3H3. The predicted octanol–water partition coefficient (Wildman–Crippen LogP) is 2.85. The van der Waals surface area contributed by atoms with Crippen LogP contribution in [0.2, 0.25) is 0 Å². The van der Waals surface area contributed by atoms with E-state index in [9.17, 15) is 9.70 Å². The van der Waals surface area contributed by atoms with E-state index in [0.717, 1.165) is 29.0 Å². The normalized spacial score (nSPS) is 9.94. The van der Waals surface area contributed by atoms with E-state index >= 15 is 0 Å². The molecule has 1 rings (SSSR count). The number of hydrogen-bond acceptors (Lipinski definition) is 3. The first kappa shape index (κ1) is 12.4. The molecular formula is C12H16N2O2. The first-order valence-corrected chi connectivity index (χ1v) is 5.40. The maximum atomic E-state index is 11.3. The first-order valence-electron chi connectivity index (χ1n) is 5.40. The minimum absolute atomic E-state index is 0.356. The van der Waals surface area contributed by atoms with Gasteiger partial charge in [-0.15, -0.1) is 4.91 Å². The van der Waals surface area contributed by atoms with E-state index in [1.165, 1.54) is 6.92 Å². The lowest BCUT2D eigenvalue weighted by Crippen LogP contribution is -2.23. The van der Waals surface area contributed by atoms with Crippen LogP contribution in [0.1, 0.15) is 31.9 Å². The van der Waals surface area contributed by atoms with Crippen LogP contribution in [-0.2, 0) is 17.6 Å². The Kier molecular flexibility index (Phi) is 4.17. The fraction of sp³-hybridized carbons (Fsp3) is 0.417. The number of amides is 1. The molecule has 4 nitrogen and oxygen atoms in total. The van der Waals surface area contributed by atoms with Crippen molar-refractivity contribution in [1.82, 2.24) is 0 Å². The molecule has 0 saturated carbocycles. The number of aryl methyl sites for hydroxylation is 2. The molecule has 0 fully saturated rings. The molecule has 0 aliphatic carbocycles. The summed E-state index contributed by atoms with van der Waals surface area (Å²) in [5.74, 6) is -0.356. The second kappa shape index (κ2) is 5.39. The van der Waals surface area contributed by atoms with E-state index in [-0.39, 0.29) is 5.91 Å². The second-order valence-corrected chi connectivity index (χ2v) is 3.54. The molecule has 0 aromatic heterocycles. The maximum absolute atomic E-state index is 11.3. The predicted molar refractivity (Wildman–Crippen MR) is 64.2 cm³/mol. The van der Waals surface area contributed by atoms with Gasteiger partial charge in [0.2, 0.25) is 5.91 Å². The van der Waals surface area contributed by atoms with Crippen LogP contribution >= 0.6 is 0 Å². The summed E-state index contributed by atoms with van der Waals surface area (Å²) in [6, 6.07) is 5.76. The van der Waals surface area contributed by atoms with Gasteiger partial charge >= 0.3 is 0 Å². The van der Waals surface area contributed by atoms with Crippen LogP contribution in [0.25, 0.3) is 0 Å². The van der Waals surface area contributed by atoms with Gasteiger partial charge in [-0.2, -0.15) is 5.01 Å². The number of carbonyl (C=O) groups is 1. The van der Waals surface area contributed by atoms with Crippen LogP contribution in [0.5, 0.6) is 0 Å². The quantitative estimate of drug-likeness (QED) is 0.578. The van der Waals surface area contributed by atoms with Crippen molar-refractivity contribution in [2.24, 2.45) is 5.29 Å². The number of nitrogens with zero attached hydrogens (tertiary/aromatic N) is 2. The third kappa shape index (κ3) is 2.27. The summed E-state index contributed by atoms with van der Waals surface area (Å²) in [5, 5.41) is 3.75. The van der Waals surface area contributed by atoms with E-state index in [1.54, 1.807) is 0 Å². The molecule has 4 heteroatoms. The van der Waals surface area contributed by atoms with Gasteiger partial charge in [0.25, 0.3) is 0 Å². The van der Waals surface area contributed by atoms with Crippen molar-refractivity contribution in [3.05, 3.63) is 34.2 Å². The van der Waals surface area contributed by atoms with E-state index in [1.807, 2.05) is 32.0 Å². The first-order chi connectivity index (χ1) is 7.65. The third-order valence-corrected chi connectivity index (χ3v) is 2.56. The maximum Gasteiger partial charge on any atom is 0.246 e. The molecule has 0 atom stereocenters. The highest BCUT2D eigenvalue weighted by molar-refractivity contribution is 5.92. The lowest BCUT2D eigenvalue weighted by atomic mass is 10.0. The monoisotopic (exact) mass is 220 g/mol. The Morgan fingerprint density at radius 2 is 1.75 bits per heavy atom. The Balaban J connectivity index is 3.37. The van der Waals surface area contributed by atoms with Gasteiger partial charge in [-0.25, -0.2) is 0 Å². The number of para-hydroxylation sites is 1. The minimum atomic E-state index is -0.356. The Labute approximate surface area is 95.2 Å². The summed E-state index contributed by atoms with van der Waals surface area (Å²) in [6.07, 6.45) is 1.53. The molecule has 0 N–H and O–H groups in total. The van der Waals surface area contributed by atoms with Gasteiger partial charge in [-0.05, 0) is 24.0 Å². The van der Waals surface area contributed by atoms with Gasteiger partial charge in [0, 0.05) is 6.92 Å². The molecule has 0 aliphatic heterocycles. The topological polar surface area (TPSA) is 49.7 Å². The van der Waals surface area contributed by atoms with Crippen LogP contribution in [-0.4, -0.2) is 5.91 Å². The number of anilines is 1. The molecule has 0 spiro atoms. The lowest BCUT2D eigenvalue weighted by molar-refractivity contribution is -0.116. The van der Waals surface area contributed by atoms with Crippen molar-refractivity contribution in [2.75, 3.05) is 5.01 Å². The lowest BCUT2D eigenvalue weighted by Gasteiger charge is -2.18. The molecule has 1 amide bonds. The van der Waals surface area contributed by atoms with Crippen molar-refractivity contribution in [1.29, 1.82) is 0 Å². The van der Waals surface area contributed by atoms with Gasteiger partial charge in [0.05, 0.1) is 11.0 Å². The second-order valence-electron chi connectivity index (χ2n) is 3.54. The fourth-order valence-electron chi connectivity index (χ4n) is 1.74. The smallest absolute Gasteiger partial charge is 0.246 e. The van der Waals surface area contributed by atoms with Crippen molar-refractivity contribution < 1.29 is 4.79 Å². The zero-order valence-electron chi connectivity index (χ0n) is 9.86. The van der Waals surface area contributed by atoms with Crippen LogP contribution in [0, 0.1) is 4.91 Å². The summed E-state index contributed by atoms with van der Waals surface area (Å²) in [4.78, 5) is 22.1. The molecule has 0 heterocycles. The highest BCUT2D eigenvalue weighted by atomic mass is 16.3. The molecule has 0 unspecified atom stereocenters. The molecule has 0 saturated heterocycles. The number of carbonyl (C=O) groups excluding carboxylic acids is 1. The highest BCUT2D eigenvalue weighted by Gasteiger charge is 2.18. The van der Waals surface area contributed by atoms with Crippen molar-refractivity contribution in [2.45, 2.75) is 33.6 Å². The minimum Gasteiger partial charge on any atom is -0.273 e. The number of benzene rings is 1. The molecule has 0 radical (unpaired) electrons. The zero-order valence-corrected chi connectivity index (χ0v) is 9.86. The van der Waals surface area contributed by atoms with Crippen LogP contribution in [0.3, 0.4) is 0 Å². The molecule has 0 aliphatic rings. The summed E-state index contributed by atoms with van der Waals surface area (Å²) < 4.78 is 0. The number of nitroso groups, excluding NO2 is 1. The van der Waals surface area contributed by atoms with Gasteiger partial charge in [-0.3, -0.25) is 4.79 Å². The third-order valence-electron chi connectivity index (χ3n) is 2.56. The van der Waals surface area contributed by atoms with Gasteiger partial charge in [0.1, 0.15) is 0 Å². The average Bonchev–Trinajstić information content (AvgIpc) is 2.29. The Morgan fingerprint density at radius 1 is 1.25 bits per heavy atom. The molecule has 16 heavy (non-hydrogen) atoms. The van der Waals surface area contributed by atoms with Crippen LogP contribution in [0.4, 0.5) is 5.69 Å². The van der Waals surface area contributed by atoms with Gasteiger partial charge in [0.15, 0.2) is 0 Å². The largest absolute Gasteiger partial charge is 0.273 e. The molecule has 1 aromatic rings. The zero-order chi connectivity index (χ0) is 12.1. The molecule has 1 aromatic carbocycles. The SMILES string of the molecule is CCc1cccc(CC)c1N(N=O)C(C)=O. The highest BCUT2D eigenvalue weighted by Crippen LogP contribution is 2.27. The van der Waals surface area contributed by atoms with E-state index in [2.05, 4.69) is 5.29 Å². The van der Waals surface area contributed by atoms with E-state index in [4.69, 9.17) is 0 Å². The number of rotatable bonds is 4. The molecular weight excluding hydrogens is 204 g/mol. The fourth-order valence-corrected chi connectivity index (χ4v) is 1.74. The van der Waals surface area contributed by atoms with Crippen molar-refractivity contribution in [3.8, 4) is 0 Å². The van der Waals surface area contributed by atoms with Crippen molar-refractivity contribution in [3.63, 3.8) is 0 Å². The summed E-state index contributed by atoms with van der Waals surface area (Å²) in [7, 11) is 0. The van der Waals surface area contributed by atoms with Crippen molar-refractivity contribution >= 4 is 11.6 Å². The van der Waals surface area contributed by atoms with E-state index < -0.39 is 0 Å². The Bertz CT molecular complexity index is 380. The molecule has 0 bridgehead atoms. The Morgan fingerprint density at radius 3 is 2.06 bits per heavy atom. The summed E-state index contributed by atoms with van der Waals surface area (Å²) >= 11 is 0. The molecule has 86 valence electrons. The Hall–Kier alpha value is -1.71. The van der Waals surface area contributed by atoms with E-state index in [0.29, 0.717) is 5.69 Å². The van der Waals surface area contributed by atoms with Gasteiger partial charge < -0.3 is 0 Å². The summed E-state index contributed by atoms with van der Waals surface area (Å²) in [6.45, 7) is 5.32. The van der Waals surface area contributed by atoms with Crippen LogP contribution < -0.4 is 5.01 Å². The number of hydrogen-bond donors (Lipinski definition) is 0. The van der Waals surface area contributed by atoms with Gasteiger partial charge in [-0.1, -0.05) is 32.0 Å².